The van der Waals surface area contributed by atoms with Gasteiger partial charge in [0.05, 0.1) is 5.69 Å². The Balaban J connectivity index is 1.59. The predicted octanol–water partition coefficient (Wildman–Crippen LogP) is 9.47. The van der Waals surface area contributed by atoms with E-state index in [9.17, 15) is 0 Å². The van der Waals surface area contributed by atoms with Crippen molar-refractivity contribution < 1.29 is 0 Å². The molecule has 0 radical (unpaired) electrons. The summed E-state index contributed by atoms with van der Waals surface area (Å²) in [6.07, 6.45) is 0. The lowest BCUT2D eigenvalue weighted by atomic mass is 9.46. The predicted molar refractivity (Wildman–Crippen MR) is 191 cm³/mol. The third-order valence-electron chi connectivity index (χ3n) is 10.3. The maximum Gasteiger partial charge on any atom is 0.332 e. The zero-order valence-corrected chi connectivity index (χ0v) is 27.3. The molecule has 218 valence electrons. The van der Waals surface area contributed by atoms with Gasteiger partial charge in [0.15, 0.2) is 0 Å². The van der Waals surface area contributed by atoms with Gasteiger partial charge in [-0.2, -0.15) is 0 Å². The Morgan fingerprint density at radius 1 is 0.523 bits per heavy atom. The molecule has 1 aromatic heterocycles. The molecule has 5 aromatic carbocycles. The summed E-state index contributed by atoms with van der Waals surface area (Å²) in [7, 11) is 0. The molecular formula is C41H41BN2. The molecule has 0 atom stereocenters. The summed E-state index contributed by atoms with van der Waals surface area (Å²) < 4.78 is 2.74. The van der Waals surface area contributed by atoms with Gasteiger partial charge in [-0.25, -0.2) is 0 Å². The number of hydrogen-bond donors (Lipinski definition) is 0. The van der Waals surface area contributed by atoms with E-state index in [-0.39, 0.29) is 23.1 Å². The van der Waals surface area contributed by atoms with E-state index in [4.69, 9.17) is 0 Å². The minimum atomic E-state index is -0.122. The molecule has 0 amide bonds. The zero-order chi connectivity index (χ0) is 30.8. The van der Waals surface area contributed by atoms with Crippen molar-refractivity contribution in [2.75, 3.05) is 4.90 Å². The Hall–Kier alpha value is -4.24. The van der Waals surface area contributed by atoms with Crippen LogP contribution >= 0.6 is 0 Å². The standard InChI is InChI=1S/C41H41BN2/c1-39(2,3)29-19-13-16-26-27-17-14-20-30(40(4,5)6)37(27)44(36(26)29)42-32-22-10-12-25-35(32)43-34-24-11-9-18-28(34)41(7,8)31-21-15-23-33(42)38(31)43/h9-25H,1-8H3. The van der Waals surface area contributed by atoms with Crippen molar-refractivity contribution in [1.29, 1.82) is 0 Å². The van der Waals surface area contributed by atoms with Gasteiger partial charge in [0.2, 0.25) is 0 Å². The average Bonchev–Trinajstić information content (AvgIpc) is 3.32. The van der Waals surface area contributed by atoms with E-state index in [0.29, 0.717) is 0 Å². The quantitative estimate of drug-likeness (QED) is 0.178. The maximum absolute atomic E-state index is 2.74. The van der Waals surface area contributed by atoms with Crippen LogP contribution in [0.5, 0.6) is 0 Å². The average molecular weight is 573 g/mol. The highest BCUT2D eigenvalue weighted by molar-refractivity contribution is 6.88. The molecule has 0 saturated heterocycles. The number of rotatable bonds is 1. The first-order chi connectivity index (χ1) is 20.9. The second-order valence-electron chi connectivity index (χ2n) is 15.5. The minimum absolute atomic E-state index is 0.0189. The summed E-state index contributed by atoms with van der Waals surface area (Å²) in [5.41, 5.74) is 14.7. The second kappa shape index (κ2) is 8.91. The molecule has 3 heterocycles. The molecule has 44 heavy (non-hydrogen) atoms. The summed E-state index contributed by atoms with van der Waals surface area (Å²) in [6.45, 7) is 18.9. The molecule has 3 heteroatoms. The van der Waals surface area contributed by atoms with Gasteiger partial charge in [0.1, 0.15) is 0 Å². The number of benzene rings is 5. The Morgan fingerprint density at radius 2 is 1.02 bits per heavy atom. The fourth-order valence-electron chi connectivity index (χ4n) is 8.24. The van der Waals surface area contributed by atoms with E-state index in [1.54, 1.807) is 0 Å². The van der Waals surface area contributed by atoms with Crippen molar-refractivity contribution >= 4 is 56.6 Å². The highest BCUT2D eigenvalue weighted by atomic mass is 15.2. The summed E-state index contributed by atoms with van der Waals surface area (Å²) in [5.74, 6) is 0. The van der Waals surface area contributed by atoms with Crippen LogP contribution in [-0.2, 0) is 16.2 Å². The van der Waals surface area contributed by atoms with E-state index in [1.165, 1.54) is 72.0 Å². The van der Waals surface area contributed by atoms with E-state index < -0.39 is 0 Å². The van der Waals surface area contributed by atoms with Gasteiger partial charge in [-0.05, 0) is 56.1 Å². The lowest BCUT2D eigenvalue weighted by molar-refractivity contribution is 0.592. The number of anilines is 3. The van der Waals surface area contributed by atoms with Crippen molar-refractivity contribution in [2.45, 2.75) is 71.6 Å². The molecule has 0 N–H and O–H groups in total. The Kier molecular flexibility index (Phi) is 5.53. The molecule has 0 unspecified atom stereocenters. The normalized spacial score (nSPS) is 15.4. The van der Waals surface area contributed by atoms with Crippen LogP contribution in [-0.4, -0.2) is 11.3 Å². The number of fused-ring (bicyclic) bond motifs is 7. The molecule has 6 aromatic rings. The van der Waals surface area contributed by atoms with Gasteiger partial charge in [0.25, 0.3) is 0 Å². The molecule has 0 saturated carbocycles. The van der Waals surface area contributed by atoms with Crippen LogP contribution in [0, 0.1) is 0 Å². The number of para-hydroxylation sites is 5. The maximum atomic E-state index is 2.74. The fourth-order valence-corrected chi connectivity index (χ4v) is 8.24. The van der Waals surface area contributed by atoms with Gasteiger partial charge in [-0.3, -0.25) is 0 Å². The highest BCUT2D eigenvalue weighted by Gasteiger charge is 2.45. The summed E-state index contributed by atoms with van der Waals surface area (Å²) >= 11 is 0. The molecular weight excluding hydrogens is 531 g/mol. The van der Waals surface area contributed by atoms with Crippen LogP contribution in [0.25, 0.3) is 21.8 Å². The number of nitrogens with zero attached hydrogens (tertiary/aromatic N) is 2. The lowest BCUT2D eigenvalue weighted by Crippen LogP contribution is -2.56. The molecule has 0 aliphatic carbocycles. The van der Waals surface area contributed by atoms with E-state index in [1.807, 2.05) is 0 Å². The van der Waals surface area contributed by atoms with Crippen LogP contribution in [0.2, 0.25) is 0 Å². The van der Waals surface area contributed by atoms with E-state index >= 15 is 0 Å². The van der Waals surface area contributed by atoms with Crippen molar-refractivity contribution in [3.63, 3.8) is 0 Å². The number of hydrogen-bond acceptors (Lipinski definition) is 1. The van der Waals surface area contributed by atoms with Gasteiger partial charge in [-0.1, -0.05) is 146 Å². The second-order valence-corrected chi connectivity index (χ2v) is 15.5. The monoisotopic (exact) mass is 572 g/mol. The van der Waals surface area contributed by atoms with Crippen molar-refractivity contribution in [3.05, 3.63) is 125 Å². The Labute approximate surface area is 262 Å². The van der Waals surface area contributed by atoms with Gasteiger partial charge in [0, 0.05) is 38.6 Å². The number of aromatic nitrogens is 1. The van der Waals surface area contributed by atoms with Gasteiger partial charge >= 0.3 is 6.85 Å². The first-order valence-corrected chi connectivity index (χ1v) is 16.1. The molecule has 2 aliphatic heterocycles. The van der Waals surface area contributed by atoms with E-state index in [0.717, 1.165) is 0 Å². The third-order valence-corrected chi connectivity index (χ3v) is 10.3. The van der Waals surface area contributed by atoms with E-state index in [2.05, 4.69) is 168 Å². The smallest absolute Gasteiger partial charge is 0.332 e. The molecule has 8 rings (SSSR count). The summed E-state index contributed by atoms with van der Waals surface area (Å²) in [6, 6.07) is 39.1. The Morgan fingerprint density at radius 3 is 1.64 bits per heavy atom. The summed E-state index contributed by atoms with van der Waals surface area (Å²) in [4.78, 5) is 2.56. The molecule has 2 aliphatic rings. The Bertz CT molecular complexity index is 2060. The van der Waals surface area contributed by atoms with Crippen LogP contribution in [0.1, 0.15) is 77.6 Å². The first kappa shape index (κ1) is 27.3. The molecule has 2 nitrogen and oxygen atoms in total. The molecule has 0 bridgehead atoms. The highest BCUT2D eigenvalue weighted by Crippen LogP contribution is 2.52. The van der Waals surface area contributed by atoms with Gasteiger partial charge in [-0.15, -0.1) is 0 Å². The van der Waals surface area contributed by atoms with Crippen LogP contribution in [0.15, 0.2) is 103 Å². The summed E-state index contributed by atoms with van der Waals surface area (Å²) in [5, 5.41) is 2.68. The molecule has 0 spiro atoms. The minimum Gasteiger partial charge on any atom is -0.375 e. The topological polar surface area (TPSA) is 8.17 Å². The largest absolute Gasteiger partial charge is 0.375 e. The third kappa shape index (κ3) is 3.56. The van der Waals surface area contributed by atoms with Crippen molar-refractivity contribution in [1.82, 2.24) is 4.48 Å². The van der Waals surface area contributed by atoms with Gasteiger partial charge < -0.3 is 9.38 Å². The van der Waals surface area contributed by atoms with Crippen LogP contribution < -0.4 is 15.8 Å². The fraction of sp³-hybridized carbons (Fsp3) is 0.268. The zero-order valence-electron chi connectivity index (χ0n) is 27.3. The van der Waals surface area contributed by atoms with Crippen molar-refractivity contribution in [3.8, 4) is 0 Å². The lowest BCUT2D eigenvalue weighted by Gasteiger charge is -2.47. The SMILES string of the molecule is CC(C)(C)c1cccc2c3cccc(C(C)(C)C)c3n(B3c4ccccc4N4c5ccccc5C(C)(C)c5cccc3c54)c12. The first-order valence-electron chi connectivity index (χ1n) is 16.1. The van der Waals surface area contributed by atoms with Crippen molar-refractivity contribution in [2.24, 2.45) is 0 Å². The molecule has 0 fully saturated rings. The van der Waals surface area contributed by atoms with Crippen LogP contribution in [0.3, 0.4) is 0 Å². The van der Waals surface area contributed by atoms with Crippen LogP contribution in [0.4, 0.5) is 17.1 Å².